The second kappa shape index (κ2) is 10.3. The van der Waals surface area contributed by atoms with Crippen LogP contribution in [0, 0.1) is 0 Å². The third-order valence-corrected chi connectivity index (χ3v) is 7.09. The summed E-state index contributed by atoms with van der Waals surface area (Å²) < 4.78 is 1.95. The fraction of sp³-hybridized carbons (Fsp3) is 0.560. The number of aromatic nitrogens is 2. The smallest absolute Gasteiger partial charge is 0.226 e. The van der Waals surface area contributed by atoms with E-state index in [1.165, 1.54) is 6.42 Å². The Hall–Kier alpha value is -2.67. The lowest BCUT2D eigenvalue weighted by Gasteiger charge is -2.42. The maximum Gasteiger partial charge on any atom is 0.226 e. The molecule has 2 aliphatic heterocycles. The largest absolute Gasteiger partial charge is 0.337 e. The topological polar surface area (TPSA) is 61.7 Å². The highest BCUT2D eigenvalue weighted by Gasteiger charge is 2.32. The van der Waals surface area contributed by atoms with Crippen LogP contribution in [-0.4, -0.2) is 63.4 Å². The molecule has 3 heterocycles. The van der Waals surface area contributed by atoms with Gasteiger partial charge in [-0.15, -0.1) is 0 Å². The molecule has 1 aromatic heterocycles. The predicted octanol–water partition coefficient (Wildman–Crippen LogP) is 3.30. The molecule has 0 spiro atoms. The maximum atomic E-state index is 13.4. The number of hydrogen-bond acceptors (Lipinski definition) is 4. The molecule has 2 aromatic rings. The minimum Gasteiger partial charge on any atom is -0.337 e. The third kappa shape index (κ3) is 5.04. The first-order chi connectivity index (χ1) is 15.6. The Kier molecular flexibility index (Phi) is 7.25. The molecular weight excluding hydrogens is 402 g/mol. The second-order valence-electron chi connectivity index (χ2n) is 9.05. The van der Waals surface area contributed by atoms with Crippen LogP contribution >= 0.6 is 0 Å². The number of likely N-dealkylation sites (N-methyl/N-ethyl adjacent to an activating group) is 1. The van der Waals surface area contributed by atoms with Gasteiger partial charge in [-0.2, -0.15) is 0 Å². The van der Waals surface area contributed by atoms with Gasteiger partial charge in [-0.05, 0) is 37.9 Å². The number of hydrogen-bond donors (Lipinski definition) is 0. The fourth-order valence-electron chi connectivity index (χ4n) is 5.14. The van der Waals surface area contributed by atoms with Gasteiger partial charge in [-0.25, -0.2) is 4.98 Å². The van der Waals surface area contributed by atoms with Gasteiger partial charge in [0.15, 0.2) is 0 Å². The first-order valence-corrected chi connectivity index (χ1v) is 11.9. The highest BCUT2D eigenvalue weighted by Crippen LogP contribution is 2.30. The van der Waals surface area contributed by atoms with Gasteiger partial charge >= 0.3 is 0 Å². The minimum atomic E-state index is 0.143. The number of anilines is 1. The average molecular weight is 438 g/mol. The van der Waals surface area contributed by atoms with Crippen molar-refractivity contribution >= 4 is 17.5 Å². The third-order valence-electron chi connectivity index (χ3n) is 7.09. The zero-order chi connectivity index (χ0) is 22.5. The minimum absolute atomic E-state index is 0.143. The fourth-order valence-corrected chi connectivity index (χ4v) is 5.14. The van der Waals surface area contributed by atoms with E-state index in [1.54, 1.807) is 12.5 Å². The van der Waals surface area contributed by atoms with Gasteiger partial charge in [0.25, 0.3) is 0 Å². The van der Waals surface area contributed by atoms with Gasteiger partial charge in [-0.1, -0.05) is 31.5 Å². The Labute approximate surface area is 191 Å². The number of nitrogens with zero attached hydrogens (tertiary/aromatic N) is 5. The molecule has 0 N–H and O–H groups in total. The van der Waals surface area contributed by atoms with Crippen molar-refractivity contribution in [2.45, 2.75) is 70.6 Å². The van der Waals surface area contributed by atoms with E-state index in [0.29, 0.717) is 38.0 Å². The molecular formula is C25H35N5O2. The van der Waals surface area contributed by atoms with E-state index in [9.17, 15) is 9.59 Å². The highest BCUT2D eigenvalue weighted by molar-refractivity contribution is 5.94. The number of para-hydroxylation sites is 1. The monoisotopic (exact) mass is 437 g/mol. The zero-order valence-electron chi connectivity index (χ0n) is 19.3. The molecule has 7 heteroatoms. The Bertz CT molecular complexity index is 913. The number of carbonyl (C=O) groups excluding carboxylic acids is 2. The van der Waals surface area contributed by atoms with E-state index in [-0.39, 0.29) is 11.8 Å². The molecule has 7 nitrogen and oxygen atoms in total. The summed E-state index contributed by atoms with van der Waals surface area (Å²) in [5.74, 6) is 0.293. The van der Waals surface area contributed by atoms with Crippen LogP contribution < -0.4 is 4.90 Å². The summed E-state index contributed by atoms with van der Waals surface area (Å²) in [6.07, 6.45) is 10.7. The van der Waals surface area contributed by atoms with Crippen LogP contribution in [-0.2, 0) is 22.7 Å². The molecule has 1 fully saturated rings. The molecule has 2 unspecified atom stereocenters. The summed E-state index contributed by atoms with van der Waals surface area (Å²) in [7, 11) is 2.19. The predicted molar refractivity (Wildman–Crippen MR) is 125 cm³/mol. The van der Waals surface area contributed by atoms with Crippen molar-refractivity contribution in [1.29, 1.82) is 0 Å². The van der Waals surface area contributed by atoms with Gasteiger partial charge in [0.2, 0.25) is 11.8 Å². The quantitative estimate of drug-likeness (QED) is 0.736. The first-order valence-electron chi connectivity index (χ1n) is 11.9. The second-order valence-corrected chi connectivity index (χ2v) is 9.05. The van der Waals surface area contributed by atoms with Gasteiger partial charge < -0.3 is 14.4 Å². The van der Waals surface area contributed by atoms with Crippen molar-refractivity contribution in [1.82, 2.24) is 19.4 Å². The van der Waals surface area contributed by atoms with Crippen LogP contribution in [0.2, 0.25) is 0 Å². The number of carbonyl (C=O) groups is 2. The van der Waals surface area contributed by atoms with E-state index < -0.39 is 0 Å². The molecule has 0 saturated carbocycles. The van der Waals surface area contributed by atoms with Crippen LogP contribution in [0.15, 0.2) is 43.0 Å². The van der Waals surface area contributed by atoms with Gasteiger partial charge in [0.1, 0.15) is 0 Å². The summed E-state index contributed by atoms with van der Waals surface area (Å²) in [5.41, 5.74) is 2.00. The lowest BCUT2D eigenvalue weighted by Crippen LogP contribution is -2.50. The van der Waals surface area contributed by atoms with Crippen molar-refractivity contribution in [2.75, 3.05) is 25.0 Å². The van der Waals surface area contributed by atoms with Crippen molar-refractivity contribution in [2.24, 2.45) is 0 Å². The summed E-state index contributed by atoms with van der Waals surface area (Å²) in [6, 6.07) is 8.89. The van der Waals surface area contributed by atoms with Crippen molar-refractivity contribution in [3.05, 3.63) is 48.5 Å². The number of benzene rings is 1. The number of aryl methyl sites for hydroxylation is 1. The average Bonchev–Trinajstić information content (AvgIpc) is 3.33. The molecule has 0 aliphatic carbocycles. The molecule has 2 atom stereocenters. The van der Waals surface area contributed by atoms with E-state index >= 15 is 0 Å². The molecule has 2 amide bonds. The van der Waals surface area contributed by atoms with Gasteiger partial charge in [0, 0.05) is 69.2 Å². The normalized spacial score (nSPS) is 22.2. The summed E-state index contributed by atoms with van der Waals surface area (Å²) in [5, 5.41) is 0. The Morgan fingerprint density at radius 2 is 1.91 bits per heavy atom. The molecule has 32 heavy (non-hydrogen) atoms. The van der Waals surface area contributed by atoms with Crippen LogP contribution in [0.25, 0.3) is 0 Å². The lowest BCUT2D eigenvalue weighted by molar-refractivity contribution is -0.133. The first kappa shape index (κ1) is 22.5. The van der Waals surface area contributed by atoms with Crippen LogP contribution in [0.3, 0.4) is 0 Å². The molecule has 172 valence electrons. The zero-order valence-corrected chi connectivity index (χ0v) is 19.3. The molecule has 2 aliphatic rings. The molecule has 1 saturated heterocycles. The lowest BCUT2D eigenvalue weighted by atomic mass is 9.93. The van der Waals surface area contributed by atoms with Gasteiger partial charge in [-0.3, -0.25) is 14.5 Å². The standard InChI is InChI=1S/C25H35N5O2/c1-3-24(31)30-15-11-21-8-6-9-22(27(21)2)18-29(17-20-7-4-5-10-23(20)30)25(32)12-14-28-16-13-26-19-28/h4-5,7,10,13,16,19,21-22H,3,6,8-9,11-12,14-15,17-18H2,1-2H3. The number of fused-ring (bicyclic) bond motifs is 3. The number of piperidine rings is 1. The van der Waals surface area contributed by atoms with E-state index in [1.807, 2.05) is 45.7 Å². The van der Waals surface area contributed by atoms with Gasteiger partial charge in [0.05, 0.1) is 6.33 Å². The van der Waals surface area contributed by atoms with E-state index in [4.69, 9.17) is 0 Å². The van der Waals surface area contributed by atoms with Crippen LogP contribution in [0.5, 0.6) is 0 Å². The van der Waals surface area contributed by atoms with E-state index in [0.717, 1.165) is 43.6 Å². The highest BCUT2D eigenvalue weighted by atomic mass is 16.2. The maximum absolute atomic E-state index is 13.4. The Balaban J connectivity index is 1.64. The molecule has 0 radical (unpaired) electrons. The van der Waals surface area contributed by atoms with Crippen molar-refractivity contribution in [3.8, 4) is 0 Å². The summed E-state index contributed by atoms with van der Waals surface area (Å²) in [4.78, 5) is 36.8. The summed E-state index contributed by atoms with van der Waals surface area (Å²) in [6.45, 7) is 4.53. The Morgan fingerprint density at radius 3 is 2.69 bits per heavy atom. The summed E-state index contributed by atoms with van der Waals surface area (Å²) >= 11 is 0. The van der Waals surface area contributed by atoms with Crippen LogP contribution in [0.1, 0.15) is 51.0 Å². The van der Waals surface area contributed by atoms with Crippen LogP contribution in [0.4, 0.5) is 5.69 Å². The number of amides is 2. The Morgan fingerprint density at radius 1 is 1.09 bits per heavy atom. The SMILES string of the molecule is CCC(=O)N1CCC2CCCC(CN(C(=O)CCn3ccnc3)Cc3ccccc31)N2C. The number of rotatable bonds is 4. The van der Waals surface area contributed by atoms with Crippen molar-refractivity contribution < 1.29 is 9.59 Å². The van der Waals surface area contributed by atoms with Crippen molar-refractivity contribution in [3.63, 3.8) is 0 Å². The van der Waals surface area contributed by atoms with E-state index in [2.05, 4.69) is 23.0 Å². The molecule has 2 bridgehead atoms. The molecule has 4 rings (SSSR count). The molecule has 1 aromatic carbocycles. The number of imidazole rings is 1.